The van der Waals surface area contributed by atoms with Crippen LogP contribution in [0.3, 0.4) is 0 Å². The number of hydrogen-bond acceptors (Lipinski definition) is 2. The van der Waals surface area contributed by atoms with Crippen molar-refractivity contribution >= 4 is 31.9 Å². The van der Waals surface area contributed by atoms with E-state index in [0.29, 0.717) is 16.6 Å². The van der Waals surface area contributed by atoms with E-state index < -0.39 is 11.7 Å². The zero-order chi connectivity index (χ0) is 15.5. The predicted octanol–water partition coefficient (Wildman–Crippen LogP) is 5.34. The second kappa shape index (κ2) is 6.79. The largest absolute Gasteiger partial charge is 0.487 e. The molecule has 1 heterocycles. The van der Waals surface area contributed by atoms with E-state index in [4.69, 9.17) is 4.74 Å². The molecule has 0 aliphatic heterocycles. The van der Waals surface area contributed by atoms with E-state index in [9.17, 15) is 13.2 Å². The molecule has 0 unspecified atom stereocenters. The Balaban J connectivity index is 2.21. The van der Waals surface area contributed by atoms with E-state index >= 15 is 0 Å². The maximum atomic E-state index is 13.0. The highest BCUT2D eigenvalue weighted by atomic mass is 79.9. The topological polar surface area (TPSA) is 22.1 Å². The number of ether oxygens (including phenoxy) is 1. The average molecular weight is 425 g/mol. The molecule has 0 N–H and O–H groups in total. The van der Waals surface area contributed by atoms with Gasteiger partial charge in [0.25, 0.3) is 0 Å². The molecule has 0 radical (unpaired) electrons. The summed E-state index contributed by atoms with van der Waals surface area (Å²) >= 11 is 6.38. The third-order valence-electron chi connectivity index (χ3n) is 2.67. The number of halogens is 5. The quantitative estimate of drug-likeness (QED) is 0.618. The van der Waals surface area contributed by atoms with Gasteiger partial charge in [0.05, 0.1) is 11.3 Å². The van der Waals surface area contributed by atoms with E-state index in [1.807, 2.05) is 0 Å². The summed E-state index contributed by atoms with van der Waals surface area (Å²) in [5.74, 6) is -0.197. The molecule has 0 saturated carbocycles. The fourth-order valence-corrected chi connectivity index (χ4v) is 2.23. The zero-order valence-electron chi connectivity index (χ0n) is 10.6. The SMILES string of the molecule is FC(F)(F)c1cc(CBr)ccc1OCc1ccc(Br)cn1. The number of benzene rings is 1. The Morgan fingerprint density at radius 3 is 2.48 bits per heavy atom. The van der Waals surface area contributed by atoms with E-state index in [-0.39, 0.29) is 12.4 Å². The van der Waals surface area contributed by atoms with Crippen molar-refractivity contribution in [3.63, 3.8) is 0 Å². The van der Waals surface area contributed by atoms with Gasteiger partial charge >= 0.3 is 6.18 Å². The number of hydrogen-bond donors (Lipinski definition) is 0. The molecular formula is C14H10Br2F3NO. The van der Waals surface area contributed by atoms with Crippen molar-refractivity contribution in [2.45, 2.75) is 18.1 Å². The van der Waals surface area contributed by atoms with E-state index in [1.54, 1.807) is 24.4 Å². The molecule has 0 aliphatic carbocycles. The summed E-state index contributed by atoms with van der Waals surface area (Å²) in [5.41, 5.74) is 0.309. The molecule has 0 atom stereocenters. The fraction of sp³-hybridized carbons (Fsp3) is 0.214. The maximum absolute atomic E-state index is 13.0. The van der Waals surface area contributed by atoms with Crippen LogP contribution < -0.4 is 4.74 Å². The lowest BCUT2D eigenvalue weighted by Gasteiger charge is -2.14. The molecule has 7 heteroatoms. The first kappa shape index (κ1) is 16.3. The van der Waals surface area contributed by atoms with Crippen LogP contribution in [0.5, 0.6) is 5.75 Å². The fourth-order valence-electron chi connectivity index (χ4n) is 1.65. The van der Waals surface area contributed by atoms with Gasteiger partial charge < -0.3 is 4.74 Å². The Kier molecular flexibility index (Phi) is 5.27. The molecule has 2 rings (SSSR count). The minimum atomic E-state index is -4.46. The van der Waals surface area contributed by atoms with Crippen LogP contribution in [0.25, 0.3) is 0 Å². The first-order valence-electron chi connectivity index (χ1n) is 5.89. The van der Waals surface area contributed by atoms with Gasteiger partial charge in [-0.15, -0.1) is 0 Å². The van der Waals surface area contributed by atoms with E-state index in [1.165, 1.54) is 6.07 Å². The minimum absolute atomic E-state index is 0.0238. The molecule has 2 aromatic rings. The molecule has 0 fully saturated rings. The van der Waals surface area contributed by atoms with Gasteiger partial charge in [0.1, 0.15) is 12.4 Å². The van der Waals surface area contributed by atoms with Crippen molar-refractivity contribution in [3.8, 4) is 5.75 Å². The lowest BCUT2D eigenvalue weighted by molar-refractivity contribution is -0.139. The monoisotopic (exact) mass is 423 g/mol. The first-order valence-corrected chi connectivity index (χ1v) is 7.81. The van der Waals surface area contributed by atoms with Crippen LogP contribution in [0.2, 0.25) is 0 Å². The lowest BCUT2D eigenvalue weighted by Crippen LogP contribution is -2.09. The highest BCUT2D eigenvalue weighted by molar-refractivity contribution is 9.10. The third-order valence-corrected chi connectivity index (χ3v) is 3.78. The summed E-state index contributed by atoms with van der Waals surface area (Å²) in [6.07, 6.45) is -2.89. The van der Waals surface area contributed by atoms with E-state index in [0.717, 1.165) is 10.5 Å². The highest BCUT2D eigenvalue weighted by Crippen LogP contribution is 2.37. The number of pyridine rings is 1. The van der Waals surface area contributed by atoms with Gasteiger partial charge in [-0.2, -0.15) is 13.2 Å². The minimum Gasteiger partial charge on any atom is -0.487 e. The standard InChI is InChI=1S/C14H10Br2F3NO/c15-6-9-1-4-13(12(5-9)14(17,18)19)21-8-11-3-2-10(16)7-20-11/h1-5,7H,6,8H2. The van der Waals surface area contributed by atoms with Crippen LogP contribution >= 0.6 is 31.9 Å². The molecule has 0 amide bonds. The highest BCUT2D eigenvalue weighted by Gasteiger charge is 2.34. The second-order valence-corrected chi connectivity index (χ2v) is 5.69. The molecule has 0 aliphatic rings. The van der Waals surface area contributed by atoms with Crippen molar-refractivity contribution in [2.24, 2.45) is 0 Å². The molecule has 0 saturated heterocycles. The Labute approximate surface area is 136 Å². The molecule has 2 nitrogen and oxygen atoms in total. The number of rotatable bonds is 4. The molecule has 112 valence electrons. The summed E-state index contributed by atoms with van der Waals surface area (Å²) in [5, 5.41) is 0.352. The summed E-state index contributed by atoms with van der Waals surface area (Å²) < 4.78 is 45.2. The van der Waals surface area contributed by atoms with Crippen molar-refractivity contribution in [1.82, 2.24) is 4.98 Å². The van der Waals surface area contributed by atoms with Gasteiger partial charge in [0.2, 0.25) is 0 Å². The van der Waals surface area contributed by atoms with Crippen molar-refractivity contribution in [1.29, 1.82) is 0 Å². The smallest absolute Gasteiger partial charge is 0.419 e. The second-order valence-electron chi connectivity index (χ2n) is 4.22. The summed E-state index contributed by atoms with van der Waals surface area (Å²) in [7, 11) is 0. The molecule has 1 aromatic heterocycles. The van der Waals surface area contributed by atoms with Crippen molar-refractivity contribution < 1.29 is 17.9 Å². The number of aromatic nitrogens is 1. The van der Waals surface area contributed by atoms with Gasteiger partial charge in [0, 0.05) is 16.0 Å². The molecular weight excluding hydrogens is 415 g/mol. The summed E-state index contributed by atoms with van der Waals surface area (Å²) in [6, 6.07) is 7.44. The normalized spacial score (nSPS) is 11.5. The molecule has 21 heavy (non-hydrogen) atoms. The maximum Gasteiger partial charge on any atom is 0.419 e. The Bertz CT molecular complexity index is 615. The molecule has 0 spiro atoms. The number of nitrogens with zero attached hydrogens (tertiary/aromatic N) is 1. The summed E-state index contributed by atoms with van der Waals surface area (Å²) in [6.45, 7) is -0.0238. The van der Waals surface area contributed by atoms with Gasteiger partial charge in [-0.1, -0.05) is 22.0 Å². The average Bonchev–Trinajstić information content (AvgIpc) is 2.45. The van der Waals surface area contributed by atoms with E-state index in [2.05, 4.69) is 36.8 Å². The van der Waals surface area contributed by atoms with Crippen LogP contribution in [-0.4, -0.2) is 4.98 Å². The Hall–Kier alpha value is -1.08. The van der Waals surface area contributed by atoms with Gasteiger partial charge in [-0.3, -0.25) is 4.98 Å². The van der Waals surface area contributed by atoms with Crippen LogP contribution in [0.15, 0.2) is 41.0 Å². The first-order chi connectivity index (χ1) is 9.90. The predicted molar refractivity (Wildman–Crippen MR) is 80.3 cm³/mol. The third kappa shape index (κ3) is 4.44. The van der Waals surface area contributed by atoms with Crippen molar-refractivity contribution in [3.05, 3.63) is 57.8 Å². The summed E-state index contributed by atoms with van der Waals surface area (Å²) in [4.78, 5) is 4.06. The molecule has 0 bridgehead atoms. The Morgan fingerprint density at radius 1 is 1.14 bits per heavy atom. The van der Waals surface area contributed by atoms with Gasteiger partial charge in [-0.25, -0.2) is 0 Å². The Morgan fingerprint density at radius 2 is 1.90 bits per heavy atom. The number of alkyl halides is 4. The van der Waals surface area contributed by atoms with Crippen LogP contribution in [0.1, 0.15) is 16.8 Å². The molecule has 1 aromatic carbocycles. The van der Waals surface area contributed by atoms with Crippen LogP contribution in [0, 0.1) is 0 Å². The van der Waals surface area contributed by atoms with Gasteiger partial charge in [0.15, 0.2) is 0 Å². The van der Waals surface area contributed by atoms with Crippen LogP contribution in [-0.2, 0) is 18.1 Å². The van der Waals surface area contributed by atoms with Gasteiger partial charge in [-0.05, 0) is 45.8 Å². The van der Waals surface area contributed by atoms with Crippen molar-refractivity contribution in [2.75, 3.05) is 0 Å². The zero-order valence-corrected chi connectivity index (χ0v) is 13.8. The lowest BCUT2D eigenvalue weighted by atomic mass is 10.1. The van der Waals surface area contributed by atoms with Crippen LogP contribution in [0.4, 0.5) is 13.2 Å².